The van der Waals surface area contributed by atoms with E-state index in [1.807, 2.05) is 13.2 Å². The first-order valence-electron chi connectivity index (χ1n) is 6.32. The molecule has 0 aliphatic rings. The second kappa shape index (κ2) is 7.62. The molecule has 0 spiro atoms. The summed E-state index contributed by atoms with van der Waals surface area (Å²) in [6.45, 7) is 2.75. The maximum atomic E-state index is 12.4. The smallest absolute Gasteiger partial charge is 0.291 e. The Kier molecular flexibility index (Phi) is 6.43. The molecule has 0 saturated heterocycles. The van der Waals surface area contributed by atoms with Crippen molar-refractivity contribution >= 4 is 33.2 Å². The van der Waals surface area contributed by atoms with E-state index in [2.05, 4.69) is 5.32 Å². The van der Waals surface area contributed by atoms with E-state index in [1.165, 1.54) is 37.0 Å². The summed E-state index contributed by atoms with van der Waals surface area (Å²) in [5, 5.41) is 14.1. The van der Waals surface area contributed by atoms with Crippen LogP contribution in [0.15, 0.2) is 23.1 Å². The molecule has 1 aromatic rings. The summed E-state index contributed by atoms with van der Waals surface area (Å²) in [6, 6.07) is 4.06. The van der Waals surface area contributed by atoms with Gasteiger partial charge in [-0.25, -0.2) is 8.42 Å². The van der Waals surface area contributed by atoms with Crippen molar-refractivity contribution in [2.45, 2.75) is 11.8 Å². The Labute approximate surface area is 128 Å². The van der Waals surface area contributed by atoms with Crippen molar-refractivity contribution in [2.75, 3.05) is 37.5 Å². The van der Waals surface area contributed by atoms with Crippen molar-refractivity contribution in [3.05, 3.63) is 28.3 Å². The Balaban J connectivity index is 3.25. The summed E-state index contributed by atoms with van der Waals surface area (Å²) in [5.74, 6) is 0.624. The van der Waals surface area contributed by atoms with E-state index in [0.29, 0.717) is 24.5 Å². The minimum absolute atomic E-state index is 0.280. The minimum atomic E-state index is -3.87. The molecule has 0 aliphatic carbocycles. The van der Waals surface area contributed by atoms with Gasteiger partial charge in [0.25, 0.3) is 5.69 Å². The zero-order chi connectivity index (χ0) is 16.0. The van der Waals surface area contributed by atoms with Crippen LogP contribution in [0.5, 0.6) is 0 Å². The van der Waals surface area contributed by atoms with Gasteiger partial charge in [-0.3, -0.25) is 10.1 Å². The highest BCUT2D eigenvalue weighted by atomic mass is 32.2. The summed E-state index contributed by atoms with van der Waals surface area (Å²) in [5.41, 5.74) is 0.111. The van der Waals surface area contributed by atoms with Crippen LogP contribution < -0.4 is 5.32 Å². The second-order valence-corrected chi connectivity index (χ2v) is 7.29. The largest absolute Gasteiger partial charge is 0.385 e. The van der Waals surface area contributed by atoms with Gasteiger partial charge in [0.2, 0.25) is 10.0 Å². The van der Waals surface area contributed by atoms with Crippen molar-refractivity contribution in [3.8, 4) is 0 Å². The lowest BCUT2D eigenvalue weighted by Crippen LogP contribution is -2.29. The fraction of sp³-hybridized carbons (Fsp3) is 0.500. The van der Waals surface area contributed by atoms with Crippen LogP contribution in [0.25, 0.3) is 0 Å². The quantitative estimate of drug-likeness (QED) is 0.578. The van der Waals surface area contributed by atoms with Crippen LogP contribution in [0.3, 0.4) is 0 Å². The first kappa shape index (κ1) is 17.7. The van der Waals surface area contributed by atoms with Gasteiger partial charge in [-0.15, -0.1) is 0 Å². The van der Waals surface area contributed by atoms with Crippen LogP contribution in [0.1, 0.15) is 6.92 Å². The molecule has 1 N–H and O–H groups in total. The highest BCUT2D eigenvalue weighted by Gasteiger charge is 2.29. The average Bonchev–Trinajstić information content (AvgIpc) is 2.44. The van der Waals surface area contributed by atoms with Crippen molar-refractivity contribution in [1.29, 1.82) is 0 Å². The topological polar surface area (TPSA) is 92.6 Å². The predicted molar refractivity (Wildman–Crippen MR) is 85.5 cm³/mol. The third kappa shape index (κ3) is 4.32. The number of nitro benzene ring substituents is 1. The van der Waals surface area contributed by atoms with E-state index >= 15 is 0 Å². The number of nitro groups is 1. The van der Waals surface area contributed by atoms with Gasteiger partial charge in [0.05, 0.1) is 4.92 Å². The minimum Gasteiger partial charge on any atom is -0.385 e. The third-order valence-corrected chi connectivity index (χ3v) is 5.33. The van der Waals surface area contributed by atoms with Gasteiger partial charge in [0.1, 0.15) is 0 Å². The summed E-state index contributed by atoms with van der Waals surface area (Å²) < 4.78 is 26.0. The Bertz CT molecular complexity index is 605. The molecule has 1 rings (SSSR count). The number of nitrogens with one attached hydrogen (secondary N) is 1. The lowest BCUT2D eigenvalue weighted by Gasteiger charge is -2.17. The molecule has 1 aromatic carbocycles. The summed E-state index contributed by atoms with van der Waals surface area (Å²) in [7, 11) is -2.44. The molecular formula is C12H19N3O4S2. The number of sulfonamides is 1. The standard InChI is InChI=1S/C12H19N3O4S2/c1-4-13-10-5-6-12(11(9-10)15(16)17)21(18,19)14(2)7-8-20-3/h5-6,9,13H,4,7-8H2,1-3H3. The van der Waals surface area contributed by atoms with Crippen LogP contribution >= 0.6 is 11.8 Å². The van der Waals surface area contributed by atoms with Crippen molar-refractivity contribution < 1.29 is 13.3 Å². The molecule has 0 radical (unpaired) electrons. The van der Waals surface area contributed by atoms with E-state index in [4.69, 9.17) is 0 Å². The van der Waals surface area contributed by atoms with E-state index < -0.39 is 20.6 Å². The first-order chi connectivity index (χ1) is 9.84. The molecule has 0 aromatic heterocycles. The molecule has 0 unspecified atom stereocenters. The van der Waals surface area contributed by atoms with E-state index in [-0.39, 0.29) is 4.90 Å². The van der Waals surface area contributed by atoms with Crippen LogP contribution in [-0.2, 0) is 10.0 Å². The summed E-state index contributed by atoms with van der Waals surface area (Å²) >= 11 is 1.51. The van der Waals surface area contributed by atoms with Gasteiger partial charge in [0, 0.05) is 37.6 Å². The Hall–Kier alpha value is -1.32. The van der Waals surface area contributed by atoms with Crippen molar-refractivity contribution in [1.82, 2.24) is 4.31 Å². The number of hydrogen-bond donors (Lipinski definition) is 1. The highest BCUT2D eigenvalue weighted by molar-refractivity contribution is 7.98. The Morgan fingerprint density at radius 2 is 2.10 bits per heavy atom. The van der Waals surface area contributed by atoms with Crippen LogP contribution in [0.4, 0.5) is 11.4 Å². The molecule has 0 heterocycles. The fourth-order valence-electron chi connectivity index (χ4n) is 1.70. The molecule has 0 amide bonds. The van der Waals surface area contributed by atoms with Gasteiger partial charge in [-0.05, 0) is 25.3 Å². The zero-order valence-corrected chi connectivity index (χ0v) is 13.8. The molecule has 0 aliphatic heterocycles. The molecule has 0 bridgehead atoms. The molecule has 7 nitrogen and oxygen atoms in total. The highest BCUT2D eigenvalue weighted by Crippen LogP contribution is 2.29. The number of rotatable bonds is 8. The number of anilines is 1. The van der Waals surface area contributed by atoms with Gasteiger partial charge < -0.3 is 5.32 Å². The SMILES string of the molecule is CCNc1ccc(S(=O)(=O)N(C)CCSC)c([N+](=O)[O-])c1. The Morgan fingerprint density at radius 1 is 1.43 bits per heavy atom. The molecule has 0 saturated carbocycles. The maximum absolute atomic E-state index is 12.4. The van der Waals surface area contributed by atoms with E-state index in [0.717, 1.165) is 4.31 Å². The summed E-state index contributed by atoms with van der Waals surface area (Å²) in [6.07, 6.45) is 1.87. The maximum Gasteiger partial charge on any atom is 0.291 e. The lowest BCUT2D eigenvalue weighted by atomic mass is 10.3. The fourth-order valence-corrected chi connectivity index (χ4v) is 3.58. The van der Waals surface area contributed by atoms with Crippen LogP contribution in [0, 0.1) is 10.1 Å². The van der Waals surface area contributed by atoms with E-state index in [1.54, 1.807) is 0 Å². The molecular weight excluding hydrogens is 314 g/mol. The third-order valence-electron chi connectivity index (χ3n) is 2.84. The molecule has 21 heavy (non-hydrogen) atoms. The van der Waals surface area contributed by atoms with Gasteiger partial charge in [-0.2, -0.15) is 16.1 Å². The monoisotopic (exact) mass is 333 g/mol. The predicted octanol–water partition coefficient (Wildman–Crippen LogP) is 2.01. The van der Waals surface area contributed by atoms with Crippen LogP contribution in [0.2, 0.25) is 0 Å². The van der Waals surface area contributed by atoms with Crippen molar-refractivity contribution in [3.63, 3.8) is 0 Å². The average molecular weight is 333 g/mol. The van der Waals surface area contributed by atoms with Gasteiger partial charge >= 0.3 is 0 Å². The number of benzene rings is 1. The molecule has 118 valence electrons. The lowest BCUT2D eigenvalue weighted by molar-refractivity contribution is -0.387. The van der Waals surface area contributed by atoms with Crippen molar-refractivity contribution in [2.24, 2.45) is 0 Å². The zero-order valence-electron chi connectivity index (χ0n) is 12.2. The summed E-state index contributed by atoms with van der Waals surface area (Å²) in [4.78, 5) is 10.2. The second-order valence-electron chi connectivity index (χ2n) is 4.29. The van der Waals surface area contributed by atoms with Gasteiger partial charge in [-0.1, -0.05) is 0 Å². The number of thioether (sulfide) groups is 1. The molecule has 0 fully saturated rings. The molecule has 9 heteroatoms. The number of hydrogen-bond acceptors (Lipinski definition) is 6. The van der Waals surface area contributed by atoms with Crippen LogP contribution in [-0.4, -0.2) is 49.8 Å². The normalized spacial score (nSPS) is 11.6. The first-order valence-corrected chi connectivity index (χ1v) is 9.15. The van der Waals surface area contributed by atoms with E-state index in [9.17, 15) is 18.5 Å². The number of nitrogens with zero attached hydrogens (tertiary/aromatic N) is 2. The molecule has 0 atom stereocenters. The Morgan fingerprint density at radius 3 is 2.62 bits per heavy atom. The van der Waals surface area contributed by atoms with Gasteiger partial charge in [0.15, 0.2) is 4.90 Å².